The number of fused-ring (bicyclic) bond motifs is 4. The van der Waals surface area contributed by atoms with E-state index in [1.165, 1.54) is 6.42 Å². The second kappa shape index (κ2) is 6.58. The third-order valence-corrected chi connectivity index (χ3v) is 6.69. The largest absolute Gasteiger partial charge is 0.395 e. The Balaban J connectivity index is 1.53. The normalized spacial score (nSPS) is 30.4. The van der Waals surface area contributed by atoms with E-state index in [2.05, 4.69) is 25.8 Å². The van der Waals surface area contributed by atoms with Crippen molar-refractivity contribution in [3.8, 4) is 11.4 Å². The number of likely N-dealkylation sites (tertiary alicyclic amines) is 1. The van der Waals surface area contributed by atoms with Crippen molar-refractivity contribution in [3.63, 3.8) is 0 Å². The molecule has 7 heteroatoms. The van der Waals surface area contributed by atoms with E-state index in [0.717, 1.165) is 44.1 Å². The topological polar surface area (TPSA) is 75.3 Å². The summed E-state index contributed by atoms with van der Waals surface area (Å²) in [6.07, 6.45) is 5.80. The van der Waals surface area contributed by atoms with Crippen LogP contribution in [0.25, 0.3) is 11.4 Å². The van der Waals surface area contributed by atoms with Crippen LogP contribution >= 0.6 is 0 Å². The summed E-state index contributed by atoms with van der Waals surface area (Å²) in [5.41, 5.74) is 1.93. The van der Waals surface area contributed by atoms with Crippen LogP contribution in [0.2, 0.25) is 0 Å². The van der Waals surface area contributed by atoms with Gasteiger partial charge in [0.05, 0.1) is 12.2 Å². The lowest BCUT2D eigenvalue weighted by Crippen LogP contribution is -2.45. The Hall–Kier alpha value is -1.96. The Kier molecular flexibility index (Phi) is 4.18. The lowest BCUT2D eigenvalue weighted by molar-refractivity contribution is 0.182. The van der Waals surface area contributed by atoms with Crippen molar-refractivity contribution in [3.05, 3.63) is 40.6 Å². The lowest BCUT2D eigenvalue weighted by Gasteiger charge is -2.37. The smallest absolute Gasteiger partial charge is 0.261 e. The molecular formula is C20H27N5O2. The molecule has 2 fully saturated rings. The molecule has 2 aromatic heterocycles. The zero-order valence-corrected chi connectivity index (χ0v) is 15.7. The van der Waals surface area contributed by atoms with Crippen LogP contribution in [-0.4, -0.2) is 63.5 Å². The first-order chi connectivity index (χ1) is 13.2. The number of aliphatic hydroxyl groups is 1. The summed E-state index contributed by atoms with van der Waals surface area (Å²) in [6, 6.07) is 4.49. The molecule has 2 saturated heterocycles. The maximum atomic E-state index is 13.3. The van der Waals surface area contributed by atoms with Crippen LogP contribution in [-0.2, 0) is 6.54 Å². The number of piperidine rings is 1. The van der Waals surface area contributed by atoms with E-state index in [9.17, 15) is 9.90 Å². The number of likely N-dealkylation sites (N-methyl/N-ethyl adjacent to an activating group) is 1. The van der Waals surface area contributed by atoms with Crippen molar-refractivity contribution in [2.24, 2.45) is 5.92 Å². The monoisotopic (exact) mass is 369 g/mol. The van der Waals surface area contributed by atoms with E-state index in [0.29, 0.717) is 17.4 Å². The number of aromatic nitrogens is 3. The van der Waals surface area contributed by atoms with Gasteiger partial charge in [-0.1, -0.05) is 0 Å². The van der Waals surface area contributed by atoms with Crippen LogP contribution in [0.5, 0.6) is 0 Å². The number of hydrogen-bond acceptors (Lipinski definition) is 5. The van der Waals surface area contributed by atoms with Crippen molar-refractivity contribution >= 4 is 0 Å². The molecule has 4 atom stereocenters. The molecule has 3 aliphatic rings. The Morgan fingerprint density at radius 2 is 2.15 bits per heavy atom. The molecule has 0 saturated carbocycles. The van der Waals surface area contributed by atoms with E-state index >= 15 is 0 Å². The fraction of sp³-hybridized carbons (Fsp3) is 0.600. The quantitative estimate of drug-likeness (QED) is 0.831. The van der Waals surface area contributed by atoms with Gasteiger partial charge in [0.1, 0.15) is 5.82 Å². The molecular weight excluding hydrogens is 342 g/mol. The molecule has 0 unspecified atom stereocenters. The minimum Gasteiger partial charge on any atom is -0.395 e. The predicted molar refractivity (Wildman–Crippen MR) is 103 cm³/mol. The molecule has 0 spiro atoms. The SMILES string of the molecule is CN1C[C@H](n2ccnc2-c2ccc3n(c2=O)C[C@@H]2CNC[C@H]3C2)C[C@H]1CO. The van der Waals surface area contributed by atoms with Gasteiger partial charge in [-0.3, -0.25) is 9.69 Å². The summed E-state index contributed by atoms with van der Waals surface area (Å²) >= 11 is 0. The van der Waals surface area contributed by atoms with Gasteiger partial charge < -0.3 is 19.6 Å². The van der Waals surface area contributed by atoms with Crippen LogP contribution in [0.3, 0.4) is 0 Å². The zero-order valence-electron chi connectivity index (χ0n) is 15.7. The van der Waals surface area contributed by atoms with E-state index < -0.39 is 0 Å². The summed E-state index contributed by atoms with van der Waals surface area (Å²) < 4.78 is 4.12. The Morgan fingerprint density at radius 3 is 2.96 bits per heavy atom. The molecule has 0 aliphatic carbocycles. The second-order valence-electron chi connectivity index (χ2n) is 8.37. The maximum Gasteiger partial charge on any atom is 0.261 e. The van der Waals surface area contributed by atoms with E-state index in [-0.39, 0.29) is 24.2 Å². The third-order valence-electron chi connectivity index (χ3n) is 6.69. The summed E-state index contributed by atoms with van der Waals surface area (Å²) in [6.45, 7) is 3.77. The Bertz CT molecular complexity index is 904. The fourth-order valence-corrected chi connectivity index (χ4v) is 5.24. The number of nitrogens with zero attached hydrogens (tertiary/aromatic N) is 4. The van der Waals surface area contributed by atoms with Crippen molar-refractivity contribution in [1.29, 1.82) is 0 Å². The number of aliphatic hydroxyl groups excluding tert-OH is 1. The van der Waals surface area contributed by atoms with Gasteiger partial charge in [-0.2, -0.15) is 0 Å². The lowest BCUT2D eigenvalue weighted by atomic mass is 9.84. The summed E-state index contributed by atoms with van der Waals surface area (Å²) in [5.74, 6) is 1.73. The van der Waals surface area contributed by atoms with Gasteiger partial charge in [0.25, 0.3) is 5.56 Å². The van der Waals surface area contributed by atoms with Gasteiger partial charge in [-0.15, -0.1) is 0 Å². The summed E-state index contributed by atoms with van der Waals surface area (Å²) in [5, 5.41) is 13.1. The highest BCUT2D eigenvalue weighted by Crippen LogP contribution is 2.33. The number of nitrogens with one attached hydrogen (secondary N) is 1. The average Bonchev–Trinajstić information content (AvgIpc) is 3.29. The van der Waals surface area contributed by atoms with Crippen molar-refractivity contribution in [2.45, 2.75) is 37.4 Å². The molecule has 0 aromatic carbocycles. The molecule has 144 valence electrons. The van der Waals surface area contributed by atoms with Crippen molar-refractivity contribution in [1.82, 2.24) is 24.3 Å². The predicted octanol–water partition coefficient (Wildman–Crippen LogP) is 0.656. The molecule has 5 heterocycles. The van der Waals surface area contributed by atoms with Crippen molar-refractivity contribution in [2.75, 3.05) is 33.3 Å². The molecule has 2 bridgehead atoms. The maximum absolute atomic E-state index is 13.3. The first-order valence-electron chi connectivity index (χ1n) is 9.94. The average molecular weight is 369 g/mol. The van der Waals surface area contributed by atoms with E-state index in [1.807, 2.05) is 23.9 Å². The number of rotatable bonds is 3. The first kappa shape index (κ1) is 17.2. The standard InChI is InChI=1S/C20H27N5O2/c1-23-11-15(7-16(23)12-26)24-5-4-22-19(24)17-2-3-18-14-6-13(8-21-9-14)10-25(18)20(17)27/h2-5,13-16,21,26H,6-12H2,1H3/t13-,14+,15+,16-/m0/s1. The van der Waals surface area contributed by atoms with Crippen LogP contribution in [0, 0.1) is 5.92 Å². The van der Waals surface area contributed by atoms with Crippen LogP contribution in [0.1, 0.15) is 30.5 Å². The second-order valence-corrected chi connectivity index (χ2v) is 8.37. The van der Waals surface area contributed by atoms with Gasteiger partial charge in [-0.05, 0) is 44.5 Å². The Labute approximate surface area is 158 Å². The van der Waals surface area contributed by atoms with Gasteiger partial charge in [0.15, 0.2) is 0 Å². The molecule has 0 amide bonds. The van der Waals surface area contributed by atoms with E-state index in [4.69, 9.17) is 0 Å². The molecule has 7 nitrogen and oxygen atoms in total. The third kappa shape index (κ3) is 2.76. The van der Waals surface area contributed by atoms with Crippen LogP contribution < -0.4 is 10.9 Å². The molecule has 5 rings (SSSR count). The number of pyridine rings is 1. The number of hydrogen-bond donors (Lipinski definition) is 2. The molecule has 27 heavy (non-hydrogen) atoms. The molecule has 2 aromatic rings. The van der Waals surface area contributed by atoms with Gasteiger partial charge in [-0.25, -0.2) is 4.98 Å². The van der Waals surface area contributed by atoms with Crippen molar-refractivity contribution < 1.29 is 5.11 Å². The van der Waals surface area contributed by atoms with Gasteiger partial charge in [0.2, 0.25) is 0 Å². The molecule has 3 aliphatic heterocycles. The first-order valence-corrected chi connectivity index (χ1v) is 9.94. The molecule has 2 N–H and O–H groups in total. The minimum absolute atomic E-state index is 0.0848. The van der Waals surface area contributed by atoms with Crippen LogP contribution in [0.4, 0.5) is 0 Å². The zero-order chi connectivity index (χ0) is 18.5. The number of imidazole rings is 1. The van der Waals surface area contributed by atoms with Gasteiger partial charge in [0, 0.05) is 55.7 Å². The highest BCUT2D eigenvalue weighted by atomic mass is 16.3. The Morgan fingerprint density at radius 1 is 1.26 bits per heavy atom. The van der Waals surface area contributed by atoms with E-state index in [1.54, 1.807) is 6.20 Å². The minimum atomic E-state index is 0.0848. The highest BCUT2D eigenvalue weighted by Gasteiger charge is 2.33. The summed E-state index contributed by atoms with van der Waals surface area (Å²) in [4.78, 5) is 20.1. The highest BCUT2D eigenvalue weighted by molar-refractivity contribution is 5.55. The van der Waals surface area contributed by atoms with Crippen LogP contribution in [0.15, 0.2) is 29.3 Å². The molecule has 0 radical (unpaired) electrons. The fourth-order valence-electron chi connectivity index (χ4n) is 5.24. The van der Waals surface area contributed by atoms with Gasteiger partial charge >= 0.3 is 0 Å². The summed E-state index contributed by atoms with van der Waals surface area (Å²) in [7, 11) is 2.04.